The molecular weight excluding hydrogens is 338 g/mol. The number of rotatable bonds is 3. The third kappa shape index (κ3) is 3.44. The van der Waals surface area contributed by atoms with Gasteiger partial charge < -0.3 is 4.42 Å². The fourth-order valence-electron chi connectivity index (χ4n) is 2.49. The number of carbonyl (C=O) groups excluding carboxylic acids is 1. The molecule has 1 heterocycles. The van der Waals surface area contributed by atoms with Crippen molar-refractivity contribution >= 4 is 34.4 Å². The lowest BCUT2D eigenvalue weighted by molar-refractivity contribution is -0.119. The van der Waals surface area contributed by atoms with Gasteiger partial charge in [0.2, 0.25) is 17.2 Å². The minimum absolute atomic E-state index is 0.155. The van der Waals surface area contributed by atoms with Crippen LogP contribution in [-0.4, -0.2) is 5.91 Å². The van der Waals surface area contributed by atoms with E-state index in [1.54, 1.807) is 32.0 Å². The van der Waals surface area contributed by atoms with Gasteiger partial charge in [0.15, 0.2) is 0 Å². The van der Waals surface area contributed by atoms with E-state index in [1.807, 2.05) is 31.2 Å². The Labute approximate surface area is 150 Å². The lowest BCUT2D eigenvalue weighted by Crippen LogP contribution is -2.20. The zero-order chi connectivity index (χ0) is 18.1. The molecular formula is C20H18ClNO3. The smallest absolute Gasteiger partial charge is 0.229 e. The molecule has 1 aromatic heterocycles. The highest BCUT2D eigenvalue weighted by atomic mass is 35.5. The third-order valence-electron chi connectivity index (χ3n) is 3.95. The van der Waals surface area contributed by atoms with E-state index in [0.29, 0.717) is 27.1 Å². The Morgan fingerprint density at radius 2 is 1.80 bits per heavy atom. The standard InChI is InChI=1S/C20H18ClNO3/c1-11(2)19(24)22-20-17(13-6-4-12(3)5-7-13)18(23)15-10-14(21)8-9-16(15)25-20/h4-11H,1-3H3,(H,22,24). The summed E-state index contributed by atoms with van der Waals surface area (Å²) in [5, 5.41) is 3.56. The second-order valence-electron chi connectivity index (χ2n) is 6.29. The van der Waals surface area contributed by atoms with Gasteiger partial charge in [-0.05, 0) is 30.7 Å². The quantitative estimate of drug-likeness (QED) is 0.717. The molecule has 0 saturated carbocycles. The molecule has 0 fully saturated rings. The van der Waals surface area contributed by atoms with Crippen LogP contribution in [0.5, 0.6) is 0 Å². The van der Waals surface area contributed by atoms with Gasteiger partial charge in [-0.1, -0.05) is 55.3 Å². The second kappa shape index (κ2) is 6.73. The predicted molar refractivity (Wildman–Crippen MR) is 101 cm³/mol. The lowest BCUT2D eigenvalue weighted by Gasteiger charge is -2.13. The molecule has 0 radical (unpaired) electrons. The van der Waals surface area contributed by atoms with Gasteiger partial charge in [0.25, 0.3) is 0 Å². The van der Waals surface area contributed by atoms with E-state index in [-0.39, 0.29) is 23.1 Å². The minimum atomic E-state index is -0.239. The van der Waals surface area contributed by atoms with Crippen LogP contribution >= 0.6 is 11.6 Å². The van der Waals surface area contributed by atoms with Gasteiger partial charge in [-0.25, -0.2) is 0 Å². The van der Waals surface area contributed by atoms with Gasteiger partial charge in [-0.2, -0.15) is 0 Å². The number of anilines is 1. The molecule has 25 heavy (non-hydrogen) atoms. The number of aryl methyl sites for hydroxylation is 1. The Kier molecular flexibility index (Phi) is 4.64. The highest BCUT2D eigenvalue weighted by Crippen LogP contribution is 2.30. The number of amides is 1. The summed E-state index contributed by atoms with van der Waals surface area (Å²) >= 11 is 6.03. The van der Waals surface area contributed by atoms with Crippen molar-refractivity contribution in [1.82, 2.24) is 0 Å². The molecule has 0 aliphatic rings. The van der Waals surface area contributed by atoms with Crippen molar-refractivity contribution in [3.8, 4) is 11.1 Å². The summed E-state index contributed by atoms with van der Waals surface area (Å²) in [6.45, 7) is 5.52. The van der Waals surface area contributed by atoms with E-state index in [1.165, 1.54) is 0 Å². The first-order chi connectivity index (χ1) is 11.9. The predicted octanol–water partition coefficient (Wildman–Crippen LogP) is 5.02. The van der Waals surface area contributed by atoms with E-state index in [2.05, 4.69) is 5.32 Å². The van der Waals surface area contributed by atoms with Crippen LogP contribution in [0.3, 0.4) is 0 Å². The molecule has 4 nitrogen and oxygen atoms in total. The molecule has 1 amide bonds. The fraction of sp³-hybridized carbons (Fsp3) is 0.200. The first-order valence-corrected chi connectivity index (χ1v) is 8.39. The molecule has 3 rings (SSSR count). The number of benzene rings is 2. The molecule has 0 atom stereocenters. The Morgan fingerprint density at radius 3 is 2.44 bits per heavy atom. The summed E-state index contributed by atoms with van der Waals surface area (Å²) in [6.07, 6.45) is 0. The van der Waals surface area contributed by atoms with Crippen molar-refractivity contribution in [2.24, 2.45) is 5.92 Å². The summed E-state index contributed by atoms with van der Waals surface area (Å²) in [6, 6.07) is 12.3. The van der Waals surface area contributed by atoms with Crippen molar-refractivity contribution in [2.75, 3.05) is 5.32 Å². The number of halogens is 1. The van der Waals surface area contributed by atoms with E-state index in [9.17, 15) is 9.59 Å². The second-order valence-corrected chi connectivity index (χ2v) is 6.72. The Hall–Kier alpha value is -2.59. The monoisotopic (exact) mass is 355 g/mol. The van der Waals surface area contributed by atoms with Crippen molar-refractivity contribution < 1.29 is 9.21 Å². The van der Waals surface area contributed by atoms with Crippen molar-refractivity contribution in [1.29, 1.82) is 0 Å². The maximum Gasteiger partial charge on any atom is 0.229 e. The molecule has 1 N–H and O–H groups in total. The number of carbonyl (C=O) groups is 1. The average molecular weight is 356 g/mol. The van der Waals surface area contributed by atoms with Gasteiger partial charge >= 0.3 is 0 Å². The largest absolute Gasteiger partial charge is 0.439 e. The molecule has 5 heteroatoms. The number of nitrogens with one attached hydrogen (secondary N) is 1. The van der Waals surface area contributed by atoms with Gasteiger partial charge in [0.05, 0.1) is 10.9 Å². The Balaban J connectivity index is 2.29. The first kappa shape index (κ1) is 17.2. The van der Waals surface area contributed by atoms with Crippen LogP contribution in [0, 0.1) is 12.8 Å². The molecule has 3 aromatic rings. The van der Waals surface area contributed by atoms with Crippen molar-refractivity contribution in [2.45, 2.75) is 20.8 Å². The van der Waals surface area contributed by atoms with Crippen LogP contribution in [0.2, 0.25) is 5.02 Å². The number of hydrogen-bond acceptors (Lipinski definition) is 3. The van der Waals surface area contributed by atoms with E-state index in [0.717, 1.165) is 5.56 Å². The molecule has 0 bridgehead atoms. The molecule has 2 aromatic carbocycles. The van der Waals surface area contributed by atoms with Crippen LogP contribution in [0.1, 0.15) is 19.4 Å². The molecule has 0 spiro atoms. The van der Waals surface area contributed by atoms with Crippen LogP contribution in [0.25, 0.3) is 22.1 Å². The van der Waals surface area contributed by atoms with Crippen LogP contribution < -0.4 is 10.7 Å². The van der Waals surface area contributed by atoms with Gasteiger partial charge in [0, 0.05) is 10.9 Å². The highest BCUT2D eigenvalue weighted by Gasteiger charge is 2.19. The molecule has 128 valence electrons. The van der Waals surface area contributed by atoms with E-state index < -0.39 is 0 Å². The third-order valence-corrected chi connectivity index (χ3v) is 4.19. The Bertz CT molecular complexity index is 1000. The molecule has 0 unspecified atom stereocenters. The maximum atomic E-state index is 13.1. The summed E-state index contributed by atoms with van der Waals surface area (Å²) in [5.74, 6) is -0.302. The van der Waals surface area contributed by atoms with Crippen molar-refractivity contribution in [3.05, 3.63) is 63.3 Å². The zero-order valence-corrected chi connectivity index (χ0v) is 15.0. The topological polar surface area (TPSA) is 59.3 Å². The van der Waals surface area contributed by atoms with Crippen LogP contribution in [-0.2, 0) is 4.79 Å². The lowest BCUT2D eigenvalue weighted by atomic mass is 10.0. The summed E-state index contributed by atoms with van der Waals surface area (Å²) in [7, 11) is 0. The van der Waals surface area contributed by atoms with Gasteiger partial charge in [-0.3, -0.25) is 14.9 Å². The Morgan fingerprint density at radius 1 is 1.12 bits per heavy atom. The first-order valence-electron chi connectivity index (χ1n) is 8.01. The molecule has 0 saturated heterocycles. The normalized spacial score (nSPS) is 11.1. The highest BCUT2D eigenvalue weighted by molar-refractivity contribution is 6.31. The van der Waals surface area contributed by atoms with Gasteiger partial charge in [0.1, 0.15) is 5.58 Å². The number of fused-ring (bicyclic) bond motifs is 1. The molecule has 0 aliphatic heterocycles. The van der Waals surface area contributed by atoms with Gasteiger partial charge in [-0.15, -0.1) is 0 Å². The van der Waals surface area contributed by atoms with Crippen LogP contribution in [0.4, 0.5) is 5.88 Å². The average Bonchev–Trinajstić information content (AvgIpc) is 2.57. The number of hydrogen-bond donors (Lipinski definition) is 1. The van der Waals surface area contributed by atoms with E-state index >= 15 is 0 Å². The van der Waals surface area contributed by atoms with Crippen molar-refractivity contribution in [3.63, 3.8) is 0 Å². The summed E-state index contributed by atoms with van der Waals surface area (Å²) < 4.78 is 5.84. The molecule has 0 aliphatic carbocycles. The zero-order valence-electron chi connectivity index (χ0n) is 14.2. The summed E-state index contributed by atoms with van der Waals surface area (Å²) in [4.78, 5) is 25.2. The maximum absolute atomic E-state index is 13.1. The summed E-state index contributed by atoms with van der Waals surface area (Å²) in [5.41, 5.74) is 2.23. The fourth-order valence-corrected chi connectivity index (χ4v) is 2.67. The SMILES string of the molecule is Cc1ccc(-c2c(NC(=O)C(C)C)oc3ccc(Cl)cc3c2=O)cc1. The van der Waals surface area contributed by atoms with E-state index in [4.69, 9.17) is 16.0 Å². The minimum Gasteiger partial charge on any atom is -0.439 e. The van der Waals surface area contributed by atoms with Crippen LogP contribution in [0.15, 0.2) is 51.7 Å².